The molecule has 19 heavy (non-hydrogen) atoms. The molecule has 2 N–H and O–H groups in total. The molecule has 0 aromatic heterocycles. The maximum absolute atomic E-state index is 5.84. The molecule has 106 valence electrons. The van der Waals surface area contributed by atoms with Crippen LogP contribution in [0.25, 0.3) is 0 Å². The number of nitrogens with zero attached hydrogens (tertiary/aromatic N) is 1. The minimum Gasteiger partial charge on any atom is -0.366 e. The summed E-state index contributed by atoms with van der Waals surface area (Å²) in [5, 5.41) is 0. The average Bonchev–Trinajstić information content (AvgIpc) is 2.37. The Kier molecular flexibility index (Phi) is 4.19. The second-order valence-electron chi connectivity index (χ2n) is 6.80. The number of hydrogen-bond donors (Lipinski definition) is 1. The van der Waals surface area contributed by atoms with Crippen LogP contribution in [0, 0.1) is 5.92 Å². The summed E-state index contributed by atoms with van der Waals surface area (Å²) < 4.78 is 0. The van der Waals surface area contributed by atoms with Crippen molar-refractivity contribution >= 4 is 5.69 Å². The first-order chi connectivity index (χ1) is 8.94. The summed E-state index contributed by atoms with van der Waals surface area (Å²) in [4.78, 5) is 2.54. The van der Waals surface area contributed by atoms with Crippen LogP contribution in [0.1, 0.15) is 52.0 Å². The molecule has 0 spiro atoms. The van der Waals surface area contributed by atoms with Gasteiger partial charge in [-0.15, -0.1) is 0 Å². The molecule has 0 bridgehead atoms. The number of anilines is 1. The van der Waals surface area contributed by atoms with Crippen LogP contribution < -0.4 is 10.6 Å². The van der Waals surface area contributed by atoms with Crippen LogP contribution >= 0.6 is 0 Å². The van der Waals surface area contributed by atoms with Crippen LogP contribution in [0.3, 0.4) is 0 Å². The predicted octanol–water partition coefficient (Wildman–Crippen LogP) is 3.76. The number of benzene rings is 1. The molecule has 2 rings (SSSR count). The van der Waals surface area contributed by atoms with Crippen LogP contribution in [0.15, 0.2) is 24.3 Å². The SMILES string of the molecule is CC(C)c1ccc(N2CCC(CN)CC2(C)C)cc1. The van der Waals surface area contributed by atoms with Crippen molar-refractivity contribution < 1.29 is 0 Å². The minimum atomic E-state index is 0.210. The first-order valence-electron chi connectivity index (χ1n) is 7.51. The molecule has 1 heterocycles. The van der Waals surface area contributed by atoms with Crippen molar-refractivity contribution in [3.63, 3.8) is 0 Å². The van der Waals surface area contributed by atoms with E-state index in [0.29, 0.717) is 11.8 Å². The standard InChI is InChI=1S/C17H28N2/c1-13(2)15-5-7-16(8-6-15)19-10-9-14(12-18)11-17(19,3)4/h5-8,13-14H,9-12,18H2,1-4H3. The third kappa shape index (κ3) is 3.11. The number of rotatable bonds is 3. The molecular formula is C17H28N2. The van der Waals surface area contributed by atoms with Crippen molar-refractivity contribution in [1.82, 2.24) is 0 Å². The van der Waals surface area contributed by atoms with Gasteiger partial charge in [-0.25, -0.2) is 0 Å². The van der Waals surface area contributed by atoms with Gasteiger partial charge >= 0.3 is 0 Å². The van der Waals surface area contributed by atoms with E-state index in [2.05, 4.69) is 56.9 Å². The van der Waals surface area contributed by atoms with E-state index in [0.717, 1.165) is 13.1 Å². The average molecular weight is 260 g/mol. The summed E-state index contributed by atoms with van der Waals surface area (Å²) in [7, 11) is 0. The van der Waals surface area contributed by atoms with E-state index in [9.17, 15) is 0 Å². The van der Waals surface area contributed by atoms with Crippen molar-refractivity contribution in [2.24, 2.45) is 11.7 Å². The maximum Gasteiger partial charge on any atom is 0.0370 e. The third-order valence-corrected chi connectivity index (χ3v) is 4.48. The Hall–Kier alpha value is -1.02. The summed E-state index contributed by atoms with van der Waals surface area (Å²) in [5.41, 5.74) is 8.82. The van der Waals surface area contributed by atoms with Crippen LogP contribution in [0.2, 0.25) is 0 Å². The smallest absolute Gasteiger partial charge is 0.0370 e. The van der Waals surface area contributed by atoms with Crippen molar-refractivity contribution in [2.45, 2.75) is 52.0 Å². The van der Waals surface area contributed by atoms with Gasteiger partial charge in [0.05, 0.1) is 0 Å². The monoisotopic (exact) mass is 260 g/mol. The van der Waals surface area contributed by atoms with Crippen molar-refractivity contribution in [3.8, 4) is 0 Å². The lowest BCUT2D eigenvalue weighted by Gasteiger charge is -2.47. The Bertz CT molecular complexity index is 406. The molecule has 1 saturated heterocycles. The highest BCUT2D eigenvalue weighted by Gasteiger charge is 2.34. The van der Waals surface area contributed by atoms with E-state index in [1.165, 1.54) is 24.1 Å². The van der Waals surface area contributed by atoms with Crippen LogP contribution in [-0.4, -0.2) is 18.6 Å². The molecule has 1 aliphatic heterocycles. The largest absolute Gasteiger partial charge is 0.366 e. The summed E-state index contributed by atoms with van der Waals surface area (Å²) >= 11 is 0. The lowest BCUT2D eigenvalue weighted by molar-refractivity contribution is 0.279. The van der Waals surface area contributed by atoms with Crippen molar-refractivity contribution in [2.75, 3.05) is 18.0 Å². The molecule has 1 atom stereocenters. The Balaban J connectivity index is 2.17. The molecule has 1 aromatic carbocycles. The summed E-state index contributed by atoms with van der Waals surface area (Å²) in [5.74, 6) is 1.28. The minimum absolute atomic E-state index is 0.210. The lowest BCUT2D eigenvalue weighted by atomic mass is 9.82. The molecule has 0 aliphatic carbocycles. The zero-order valence-electron chi connectivity index (χ0n) is 12.8. The molecule has 1 unspecified atom stereocenters. The van der Waals surface area contributed by atoms with E-state index in [1.807, 2.05) is 0 Å². The van der Waals surface area contributed by atoms with Gasteiger partial charge in [0.15, 0.2) is 0 Å². The second kappa shape index (κ2) is 5.54. The maximum atomic E-state index is 5.84. The van der Waals surface area contributed by atoms with E-state index in [1.54, 1.807) is 0 Å². The van der Waals surface area contributed by atoms with E-state index in [4.69, 9.17) is 5.73 Å². The summed E-state index contributed by atoms with van der Waals surface area (Å²) in [6.07, 6.45) is 2.40. The van der Waals surface area contributed by atoms with Crippen LogP contribution in [0.5, 0.6) is 0 Å². The fourth-order valence-corrected chi connectivity index (χ4v) is 3.25. The lowest BCUT2D eigenvalue weighted by Crippen LogP contribution is -2.51. The highest BCUT2D eigenvalue weighted by Crippen LogP contribution is 2.35. The zero-order valence-corrected chi connectivity index (χ0v) is 12.8. The quantitative estimate of drug-likeness (QED) is 0.896. The molecule has 2 heteroatoms. The first kappa shape index (κ1) is 14.4. The fourth-order valence-electron chi connectivity index (χ4n) is 3.25. The molecule has 1 aromatic rings. The van der Waals surface area contributed by atoms with Gasteiger partial charge in [-0.1, -0.05) is 26.0 Å². The molecule has 1 fully saturated rings. The van der Waals surface area contributed by atoms with Crippen LogP contribution in [0.4, 0.5) is 5.69 Å². The fraction of sp³-hybridized carbons (Fsp3) is 0.647. The predicted molar refractivity (Wildman–Crippen MR) is 83.7 cm³/mol. The molecule has 1 aliphatic rings. The van der Waals surface area contributed by atoms with Gasteiger partial charge in [0.25, 0.3) is 0 Å². The number of hydrogen-bond acceptors (Lipinski definition) is 2. The van der Waals surface area contributed by atoms with Gasteiger partial charge in [-0.2, -0.15) is 0 Å². The van der Waals surface area contributed by atoms with Crippen molar-refractivity contribution in [3.05, 3.63) is 29.8 Å². The molecule has 2 nitrogen and oxygen atoms in total. The number of piperidine rings is 1. The molecule has 0 radical (unpaired) electrons. The molecule has 0 amide bonds. The Morgan fingerprint density at radius 3 is 2.37 bits per heavy atom. The highest BCUT2D eigenvalue weighted by atomic mass is 15.2. The highest BCUT2D eigenvalue weighted by molar-refractivity contribution is 5.50. The second-order valence-corrected chi connectivity index (χ2v) is 6.80. The molecular weight excluding hydrogens is 232 g/mol. The van der Waals surface area contributed by atoms with Crippen molar-refractivity contribution in [1.29, 1.82) is 0 Å². The van der Waals surface area contributed by atoms with Gasteiger partial charge in [0.2, 0.25) is 0 Å². The molecule has 0 saturated carbocycles. The summed E-state index contributed by atoms with van der Waals surface area (Å²) in [6.45, 7) is 11.1. The summed E-state index contributed by atoms with van der Waals surface area (Å²) in [6, 6.07) is 9.09. The van der Waals surface area contributed by atoms with Crippen LogP contribution in [-0.2, 0) is 0 Å². The Morgan fingerprint density at radius 1 is 1.26 bits per heavy atom. The zero-order chi connectivity index (χ0) is 14.0. The van der Waals surface area contributed by atoms with Gasteiger partial charge in [-0.3, -0.25) is 0 Å². The van der Waals surface area contributed by atoms with Gasteiger partial charge in [0.1, 0.15) is 0 Å². The topological polar surface area (TPSA) is 29.3 Å². The number of nitrogens with two attached hydrogens (primary N) is 1. The third-order valence-electron chi connectivity index (χ3n) is 4.48. The first-order valence-corrected chi connectivity index (χ1v) is 7.51. The van der Waals surface area contributed by atoms with Gasteiger partial charge in [0, 0.05) is 17.8 Å². The van der Waals surface area contributed by atoms with Gasteiger partial charge in [-0.05, 0) is 62.8 Å². The van der Waals surface area contributed by atoms with E-state index >= 15 is 0 Å². The Labute approximate surface area is 118 Å². The Morgan fingerprint density at radius 2 is 1.89 bits per heavy atom. The normalized spacial score (nSPS) is 22.8. The van der Waals surface area contributed by atoms with E-state index < -0.39 is 0 Å². The van der Waals surface area contributed by atoms with E-state index in [-0.39, 0.29) is 5.54 Å². The van der Waals surface area contributed by atoms with Gasteiger partial charge < -0.3 is 10.6 Å².